The Labute approximate surface area is 144 Å². The van der Waals surface area contributed by atoms with Gasteiger partial charge in [-0.2, -0.15) is 4.31 Å². The summed E-state index contributed by atoms with van der Waals surface area (Å²) in [7, 11) is 0.448. The van der Waals surface area contributed by atoms with Crippen LogP contribution in [0.4, 0.5) is 0 Å². The maximum atomic E-state index is 12.6. The molecule has 0 heterocycles. The van der Waals surface area contributed by atoms with Gasteiger partial charge >= 0.3 is 0 Å². The minimum Gasteiger partial charge on any atom is -0.493 e. The first-order chi connectivity index (χ1) is 11.1. The highest BCUT2D eigenvalue weighted by Crippen LogP contribution is 2.30. The van der Waals surface area contributed by atoms with Gasteiger partial charge in [-0.05, 0) is 32.4 Å². The molecule has 7 nitrogen and oxygen atoms in total. The lowest BCUT2D eigenvalue weighted by Gasteiger charge is -2.26. The summed E-state index contributed by atoms with van der Waals surface area (Å²) in [6.45, 7) is 5.45. The van der Waals surface area contributed by atoms with E-state index in [0.29, 0.717) is 11.5 Å². The number of ether oxygens (including phenoxy) is 2. The molecule has 0 unspecified atom stereocenters. The Kier molecular flexibility index (Phi) is 6.62. The number of nitrogens with zero attached hydrogens (tertiary/aromatic N) is 1. The summed E-state index contributed by atoms with van der Waals surface area (Å²) >= 11 is 0. The van der Waals surface area contributed by atoms with Gasteiger partial charge in [0.25, 0.3) is 0 Å². The van der Waals surface area contributed by atoms with Crippen molar-refractivity contribution in [2.24, 2.45) is 0 Å². The largest absolute Gasteiger partial charge is 0.493 e. The number of hydrogen-bond acceptors (Lipinski definition) is 5. The van der Waals surface area contributed by atoms with E-state index in [1.54, 1.807) is 0 Å². The van der Waals surface area contributed by atoms with Crippen molar-refractivity contribution in [1.82, 2.24) is 9.62 Å². The van der Waals surface area contributed by atoms with Gasteiger partial charge in [0, 0.05) is 18.7 Å². The van der Waals surface area contributed by atoms with Gasteiger partial charge in [-0.1, -0.05) is 6.92 Å². The van der Waals surface area contributed by atoms with Crippen LogP contribution in [0.3, 0.4) is 0 Å². The number of amides is 1. The van der Waals surface area contributed by atoms with Crippen molar-refractivity contribution in [3.63, 3.8) is 0 Å². The Balaban J connectivity index is 2.97. The molecule has 136 valence electrons. The highest BCUT2D eigenvalue weighted by atomic mass is 32.2. The quantitative estimate of drug-likeness (QED) is 0.763. The fraction of sp³-hybridized carbons (Fsp3) is 0.562. The molecule has 0 aliphatic rings. The molecule has 0 spiro atoms. The van der Waals surface area contributed by atoms with Crippen molar-refractivity contribution in [3.8, 4) is 11.5 Å². The minimum atomic E-state index is -3.82. The smallest absolute Gasteiger partial charge is 0.243 e. The van der Waals surface area contributed by atoms with Crippen LogP contribution in [0.15, 0.2) is 23.1 Å². The van der Waals surface area contributed by atoms with Gasteiger partial charge in [-0.3, -0.25) is 4.79 Å². The molecule has 1 aromatic carbocycles. The monoisotopic (exact) mass is 358 g/mol. The molecule has 1 aromatic rings. The van der Waals surface area contributed by atoms with Crippen molar-refractivity contribution in [2.45, 2.75) is 37.6 Å². The number of carbonyl (C=O) groups excluding carboxylic acids is 1. The third kappa shape index (κ3) is 4.85. The molecule has 1 rings (SSSR count). The molecule has 24 heavy (non-hydrogen) atoms. The Bertz CT molecular complexity index is 686. The van der Waals surface area contributed by atoms with Crippen LogP contribution in [0.25, 0.3) is 0 Å². The molecule has 0 bridgehead atoms. The second kappa shape index (κ2) is 7.85. The van der Waals surface area contributed by atoms with Crippen LogP contribution in [0.1, 0.15) is 27.2 Å². The zero-order valence-electron chi connectivity index (χ0n) is 15.0. The van der Waals surface area contributed by atoms with Crippen LogP contribution in [0, 0.1) is 0 Å². The molecule has 0 aliphatic carbocycles. The summed E-state index contributed by atoms with van der Waals surface area (Å²) in [5.41, 5.74) is -0.384. The number of carbonyl (C=O) groups is 1. The molecule has 0 saturated heterocycles. The number of hydrogen-bond donors (Lipinski definition) is 1. The first kappa shape index (κ1) is 20.2. The maximum Gasteiger partial charge on any atom is 0.243 e. The van der Waals surface area contributed by atoms with Gasteiger partial charge in [-0.15, -0.1) is 0 Å². The van der Waals surface area contributed by atoms with Gasteiger partial charge in [0.05, 0.1) is 25.7 Å². The summed E-state index contributed by atoms with van der Waals surface area (Å²) in [4.78, 5) is 12.1. The number of sulfonamides is 1. The van der Waals surface area contributed by atoms with E-state index in [1.807, 2.05) is 20.8 Å². The van der Waals surface area contributed by atoms with E-state index in [2.05, 4.69) is 5.32 Å². The first-order valence-corrected chi connectivity index (χ1v) is 9.00. The van der Waals surface area contributed by atoms with Crippen molar-refractivity contribution >= 4 is 15.9 Å². The Hall–Kier alpha value is -1.80. The van der Waals surface area contributed by atoms with Crippen LogP contribution in [0.5, 0.6) is 11.5 Å². The van der Waals surface area contributed by atoms with E-state index in [0.717, 1.165) is 10.7 Å². The average Bonchev–Trinajstić information content (AvgIpc) is 2.53. The highest BCUT2D eigenvalue weighted by Gasteiger charge is 2.26. The zero-order valence-corrected chi connectivity index (χ0v) is 15.9. The van der Waals surface area contributed by atoms with Gasteiger partial charge in [-0.25, -0.2) is 8.42 Å². The van der Waals surface area contributed by atoms with E-state index in [-0.39, 0.29) is 22.9 Å². The molecule has 0 aliphatic heterocycles. The van der Waals surface area contributed by atoms with Gasteiger partial charge in [0.2, 0.25) is 15.9 Å². The molecular formula is C16H26N2O5S. The maximum absolute atomic E-state index is 12.6. The fourth-order valence-corrected chi connectivity index (χ4v) is 3.09. The van der Waals surface area contributed by atoms with E-state index in [9.17, 15) is 13.2 Å². The second-order valence-corrected chi connectivity index (χ2v) is 8.11. The Morgan fingerprint density at radius 2 is 1.79 bits per heavy atom. The molecule has 1 amide bonds. The van der Waals surface area contributed by atoms with Crippen LogP contribution >= 0.6 is 0 Å². The van der Waals surface area contributed by atoms with Crippen LogP contribution in [0.2, 0.25) is 0 Å². The van der Waals surface area contributed by atoms with E-state index in [4.69, 9.17) is 9.47 Å². The van der Waals surface area contributed by atoms with E-state index < -0.39 is 10.0 Å². The van der Waals surface area contributed by atoms with Crippen LogP contribution in [-0.4, -0.2) is 52.0 Å². The van der Waals surface area contributed by atoms with Crippen molar-refractivity contribution in [3.05, 3.63) is 18.2 Å². The normalized spacial score (nSPS) is 12.1. The molecule has 0 radical (unpaired) electrons. The average molecular weight is 358 g/mol. The SMILES string of the molecule is CCC(C)(C)NC(=O)CN(C)S(=O)(=O)c1ccc(OC)c(OC)c1. The topological polar surface area (TPSA) is 84.9 Å². The number of benzene rings is 1. The zero-order chi connectivity index (χ0) is 18.5. The fourth-order valence-electron chi connectivity index (χ4n) is 1.95. The molecule has 0 saturated carbocycles. The molecule has 0 fully saturated rings. The predicted molar refractivity (Wildman–Crippen MR) is 91.9 cm³/mol. The standard InChI is InChI=1S/C16H26N2O5S/c1-7-16(2,3)17-15(19)11-18(4)24(20,21)12-8-9-13(22-5)14(10-12)23-6/h8-10H,7,11H2,1-6H3,(H,17,19). The van der Waals surface area contributed by atoms with Crippen LogP contribution in [-0.2, 0) is 14.8 Å². The highest BCUT2D eigenvalue weighted by molar-refractivity contribution is 7.89. The number of nitrogens with one attached hydrogen (secondary N) is 1. The molecule has 1 N–H and O–H groups in total. The van der Waals surface area contributed by atoms with Gasteiger partial charge in [0.15, 0.2) is 11.5 Å². The lowest BCUT2D eigenvalue weighted by atomic mass is 10.0. The minimum absolute atomic E-state index is 0.0326. The van der Waals surface area contributed by atoms with Gasteiger partial charge < -0.3 is 14.8 Å². The molecular weight excluding hydrogens is 332 g/mol. The lowest BCUT2D eigenvalue weighted by Crippen LogP contribution is -2.47. The van der Waals surface area contributed by atoms with Crippen molar-refractivity contribution in [1.29, 1.82) is 0 Å². The number of likely N-dealkylation sites (N-methyl/N-ethyl adjacent to an activating group) is 1. The lowest BCUT2D eigenvalue weighted by molar-refractivity contribution is -0.122. The van der Waals surface area contributed by atoms with Gasteiger partial charge in [0.1, 0.15) is 0 Å². The van der Waals surface area contributed by atoms with E-state index >= 15 is 0 Å². The summed E-state index contributed by atoms with van der Waals surface area (Å²) < 4.78 is 36.5. The Morgan fingerprint density at radius 1 is 1.21 bits per heavy atom. The van der Waals surface area contributed by atoms with Crippen molar-refractivity contribution < 1.29 is 22.7 Å². The third-order valence-corrected chi connectivity index (χ3v) is 5.59. The summed E-state index contributed by atoms with van der Waals surface area (Å²) in [6.07, 6.45) is 0.741. The molecule has 0 aromatic heterocycles. The Morgan fingerprint density at radius 3 is 2.29 bits per heavy atom. The predicted octanol–water partition coefficient (Wildman–Crippen LogP) is 1.63. The van der Waals surface area contributed by atoms with Crippen molar-refractivity contribution in [2.75, 3.05) is 27.8 Å². The summed E-state index contributed by atoms with van der Waals surface area (Å²) in [5.74, 6) is 0.387. The number of rotatable bonds is 8. The van der Waals surface area contributed by atoms with Crippen LogP contribution < -0.4 is 14.8 Å². The second-order valence-electron chi connectivity index (χ2n) is 6.06. The third-order valence-electron chi connectivity index (χ3n) is 3.79. The molecule has 8 heteroatoms. The summed E-state index contributed by atoms with van der Waals surface area (Å²) in [5, 5.41) is 2.81. The molecule has 0 atom stereocenters. The number of methoxy groups -OCH3 is 2. The first-order valence-electron chi connectivity index (χ1n) is 7.56. The summed E-state index contributed by atoms with van der Waals surface area (Å²) in [6, 6.07) is 4.31. The van der Waals surface area contributed by atoms with E-state index in [1.165, 1.54) is 39.5 Å².